The number of nitrogens with zero attached hydrogens (tertiary/aromatic N) is 2. The number of nitrogens with one attached hydrogen (secondary N) is 1. The van der Waals surface area contributed by atoms with Gasteiger partial charge in [-0.25, -0.2) is 0 Å². The predicted molar refractivity (Wildman–Crippen MR) is 82.4 cm³/mol. The molecule has 0 saturated carbocycles. The molecule has 3 nitrogen and oxygen atoms in total. The molecule has 1 N–H and O–H groups in total. The molecule has 4 heteroatoms. The van der Waals surface area contributed by atoms with Crippen molar-refractivity contribution < 1.29 is 0 Å². The monoisotopic (exact) mass is 321 g/mol. The summed E-state index contributed by atoms with van der Waals surface area (Å²) in [6.07, 6.45) is 1.87. The van der Waals surface area contributed by atoms with Gasteiger partial charge in [-0.05, 0) is 49.3 Å². The highest BCUT2D eigenvalue weighted by molar-refractivity contribution is 9.10. The summed E-state index contributed by atoms with van der Waals surface area (Å²) in [5.41, 5.74) is 3.69. The van der Waals surface area contributed by atoms with Crippen molar-refractivity contribution in [3.8, 4) is 0 Å². The van der Waals surface area contributed by atoms with Gasteiger partial charge in [-0.1, -0.05) is 29.8 Å². The van der Waals surface area contributed by atoms with Crippen LogP contribution in [-0.2, 0) is 0 Å². The predicted octanol–water partition coefficient (Wildman–Crippen LogP) is 3.84. The first-order chi connectivity index (χ1) is 9.04. The lowest BCUT2D eigenvalue weighted by Gasteiger charge is -2.21. The molecule has 0 saturated heterocycles. The average molecular weight is 322 g/mol. The van der Waals surface area contributed by atoms with E-state index in [1.807, 2.05) is 13.2 Å². The molecule has 0 bridgehead atoms. The van der Waals surface area contributed by atoms with Crippen LogP contribution >= 0.6 is 15.9 Å². The van der Waals surface area contributed by atoms with Crippen molar-refractivity contribution in [3.63, 3.8) is 0 Å². The van der Waals surface area contributed by atoms with Crippen LogP contribution in [0.5, 0.6) is 0 Å². The van der Waals surface area contributed by atoms with Gasteiger partial charge in [0.1, 0.15) is 0 Å². The second kappa shape index (κ2) is 5.88. The van der Waals surface area contributed by atoms with Gasteiger partial charge < -0.3 is 5.32 Å². The molecule has 0 spiro atoms. The van der Waals surface area contributed by atoms with Crippen LogP contribution in [0.3, 0.4) is 0 Å². The highest BCUT2D eigenvalue weighted by Crippen LogP contribution is 2.30. The van der Waals surface area contributed by atoms with Crippen LogP contribution in [0.4, 0.5) is 0 Å². The van der Waals surface area contributed by atoms with E-state index in [1.54, 1.807) is 0 Å². The van der Waals surface area contributed by atoms with Crippen molar-refractivity contribution in [1.29, 1.82) is 0 Å². The molecule has 1 aromatic carbocycles. The minimum absolute atomic E-state index is 0.138. The molecule has 0 amide bonds. The Morgan fingerprint density at radius 2 is 2.05 bits per heavy atom. The van der Waals surface area contributed by atoms with E-state index in [2.05, 4.69) is 76.1 Å². The standard InChI is InChI=1S/C15H20BrN3/c1-10(2)19-15(13(16)9-18-19)14(17-4)12-7-5-6-11(3)8-12/h5-10,14,17H,1-4H3. The fourth-order valence-corrected chi connectivity index (χ4v) is 2.85. The van der Waals surface area contributed by atoms with Crippen molar-refractivity contribution in [1.82, 2.24) is 15.1 Å². The summed E-state index contributed by atoms with van der Waals surface area (Å²) in [7, 11) is 1.98. The largest absolute Gasteiger partial charge is 0.308 e. The van der Waals surface area contributed by atoms with E-state index >= 15 is 0 Å². The first kappa shape index (κ1) is 14.3. The molecule has 0 aliphatic rings. The van der Waals surface area contributed by atoms with Crippen molar-refractivity contribution >= 4 is 15.9 Å². The quantitative estimate of drug-likeness (QED) is 0.927. The Balaban J connectivity index is 2.51. The zero-order chi connectivity index (χ0) is 14.0. The molecule has 1 heterocycles. The Kier molecular flexibility index (Phi) is 4.42. The number of rotatable bonds is 4. The summed E-state index contributed by atoms with van der Waals surface area (Å²) < 4.78 is 3.11. The van der Waals surface area contributed by atoms with Gasteiger partial charge in [0.25, 0.3) is 0 Å². The Morgan fingerprint density at radius 3 is 2.63 bits per heavy atom. The van der Waals surface area contributed by atoms with Gasteiger partial charge in [-0.15, -0.1) is 0 Å². The normalized spacial score (nSPS) is 12.9. The van der Waals surface area contributed by atoms with Crippen LogP contribution < -0.4 is 5.32 Å². The van der Waals surface area contributed by atoms with Gasteiger partial charge in [0.15, 0.2) is 0 Å². The lowest BCUT2D eigenvalue weighted by Crippen LogP contribution is -2.23. The van der Waals surface area contributed by atoms with E-state index in [0.717, 1.165) is 4.47 Å². The highest BCUT2D eigenvalue weighted by atomic mass is 79.9. The number of aryl methyl sites for hydroxylation is 1. The van der Waals surface area contributed by atoms with E-state index in [-0.39, 0.29) is 6.04 Å². The van der Waals surface area contributed by atoms with Gasteiger partial charge in [0, 0.05) is 6.04 Å². The number of hydrogen-bond acceptors (Lipinski definition) is 2. The molecule has 0 fully saturated rings. The van der Waals surface area contributed by atoms with Gasteiger partial charge in [-0.2, -0.15) is 5.10 Å². The Labute approximate surface area is 123 Å². The maximum absolute atomic E-state index is 4.46. The van der Waals surface area contributed by atoms with Crippen molar-refractivity contribution in [2.75, 3.05) is 7.05 Å². The third-order valence-corrected chi connectivity index (χ3v) is 3.82. The van der Waals surface area contributed by atoms with E-state index in [1.165, 1.54) is 16.8 Å². The summed E-state index contributed by atoms with van der Waals surface area (Å²) >= 11 is 3.62. The van der Waals surface area contributed by atoms with Crippen molar-refractivity contribution in [3.05, 3.63) is 51.8 Å². The van der Waals surface area contributed by atoms with Crippen molar-refractivity contribution in [2.24, 2.45) is 0 Å². The fourth-order valence-electron chi connectivity index (χ4n) is 2.34. The summed E-state index contributed by atoms with van der Waals surface area (Å²) in [6.45, 7) is 6.41. The lowest BCUT2D eigenvalue weighted by atomic mass is 10.0. The highest BCUT2D eigenvalue weighted by Gasteiger charge is 2.21. The maximum atomic E-state index is 4.46. The zero-order valence-corrected chi connectivity index (χ0v) is 13.4. The zero-order valence-electron chi connectivity index (χ0n) is 11.8. The molecule has 2 aromatic rings. The molecule has 102 valence electrons. The van der Waals surface area contributed by atoms with E-state index < -0.39 is 0 Å². The summed E-state index contributed by atoms with van der Waals surface area (Å²) in [5.74, 6) is 0. The molecule has 0 aliphatic heterocycles. The summed E-state index contributed by atoms with van der Waals surface area (Å²) in [5, 5.41) is 7.86. The van der Waals surface area contributed by atoms with Crippen LogP contribution in [0.15, 0.2) is 34.9 Å². The van der Waals surface area contributed by atoms with Crippen LogP contribution in [0.2, 0.25) is 0 Å². The van der Waals surface area contributed by atoms with Crippen LogP contribution in [0.1, 0.15) is 42.8 Å². The topological polar surface area (TPSA) is 29.9 Å². The molecule has 2 rings (SSSR count). The van der Waals surface area contributed by atoms with E-state index in [9.17, 15) is 0 Å². The molecule has 1 unspecified atom stereocenters. The molecular weight excluding hydrogens is 302 g/mol. The molecule has 1 aromatic heterocycles. The van der Waals surface area contributed by atoms with Gasteiger partial charge in [-0.3, -0.25) is 4.68 Å². The molecular formula is C15H20BrN3. The van der Waals surface area contributed by atoms with E-state index in [4.69, 9.17) is 0 Å². The van der Waals surface area contributed by atoms with Crippen LogP contribution in [-0.4, -0.2) is 16.8 Å². The smallest absolute Gasteiger partial charge is 0.0757 e. The summed E-state index contributed by atoms with van der Waals surface area (Å²) in [6, 6.07) is 9.05. The Hall–Kier alpha value is -1.13. The van der Waals surface area contributed by atoms with E-state index in [0.29, 0.717) is 6.04 Å². The second-order valence-corrected chi connectivity index (χ2v) is 5.91. The van der Waals surface area contributed by atoms with Gasteiger partial charge in [0.05, 0.1) is 22.4 Å². The number of benzene rings is 1. The third kappa shape index (κ3) is 2.90. The average Bonchev–Trinajstić information content (AvgIpc) is 2.73. The minimum Gasteiger partial charge on any atom is -0.308 e. The fraction of sp³-hybridized carbons (Fsp3) is 0.400. The first-order valence-corrected chi connectivity index (χ1v) is 7.30. The second-order valence-electron chi connectivity index (χ2n) is 5.05. The molecule has 0 aliphatic carbocycles. The minimum atomic E-state index is 0.138. The van der Waals surface area contributed by atoms with Gasteiger partial charge >= 0.3 is 0 Å². The SMILES string of the molecule is CNC(c1cccc(C)c1)c1c(Br)cnn1C(C)C. The lowest BCUT2D eigenvalue weighted by molar-refractivity contribution is 0.483. The number of hydrogen-bond donors (Lipinski definition) is 1. The maximum Gasteiger partial charge on any atom is 0.0757 e. The number of aromatic nitrogens is 2. The Bertz CT molecular complexity index is 560. The number of halogens is 1. The third-order valence-electron chi connectivity index (χ3n) is 3.21. The van der Waals surface area contributed by atoms with Crippen molar-refractivity contribution in [2.45, 2.75) is 32.9 Å². The van der Waals surface area contributed by atoms with Gasteiger partial charge in [0.2, 0.25) is 0 Å². The van der Waals surface area contributed by atoms with Crippen LogP contribution in [0.25, 0.3) is 0 Å². The first-order valence-electron chi connectivity index (χ1n) is 6.51. The van der Waals surface area contributed by atoms with Crippen LogP contribution in [0, 0.1) is 6.92 Å². The molecule has 0 radical (unpaired) electrons. The summed E-state index contributed by atoms with van der Waals surface area (Å²) in [4.78, 5) is 0. The molecule has 19 heavy (non-hydrogen) atoms. The Morgan fingerprint density at radius 1 is 1.32 bits per heavy atom. The molecule has 1 atom stereocenters.